The number of halogens is 1. The molecular formula is C25H20BrN3O4S. The second-order valence-electron chi connectivity index (χ2n) is 7.31. The summed E-state index contributed by atoms with van der Waals surface area (Å²) >= 11 is 3.33. The molecule has 0 spiro atoms. The van der Waals surface area contributed by atoms with Crippen molar-refractivity contribution in [2.24, 2.45) is 5.10 Å². The molecule has 0 bridgehead atoms. The maximum absolute atomic E-state index is 13.3. The molecule has 9 heteroatoms. The maximum atomic E-state index is 13.3. The Hall–Kier alpha value is -3.69. The lowest BCUT2D eigenvalue weighted by Gasteiger charge is -2.23. The minimum absolute atomic E-state index is 0.0137. The molecular weight excluding hydrogens is 518 g/mol. The molecule has 0 atom stereocenters. The number of phenolic OH excluding ortho intramolecular Hbond substituents is 1. The van der Waals surface area contributed by atoms with Crippen LogP contribution in [0, 0.1) is 0 Å². The highest BCUT2D eigenvalue weighted by molar-refractivity contribution is 9.10. The Morgan fingerprint density at radius 2 is 1.62 bits per heavy atom. The summed E-state index contributed by atoms with van der Waals surface area (Å²) in [5.41, 5.74) is 3.14. The van der Waals surface area contributed by atoms with Gasteiger partial charge >= 0.3 is 0 Å². The van der Waals surface area contributed by atoms with Gasteiger partial charge in [-0.25, -0.2) is 13.8 Å². The zero-order valence-electron chi connectivity index (χ0n) is 17.8. The highest BCUT2D eigenvalue weighted by Gasteiger charge is 2.27. The number of hydrogen-bond acceptors (Lipinski definition) is 5. The Balaban J connectivity index is 1.58. The van der Waals surface area contributed by atoms with E-state index in [1.807, 2.05) is 24.3 Å². The minimum Gasteiger partial charge on any atom is -0.507 e. The van der Waals surface area contributed by atoms with Gasteiger partial charge in [-0.3, -0.25) is 9.10 Å². The van der Waals surface area contributed by atoms with Gasteiger partial charge in [0.05, 0.1) is 16.8 Å². The number of sulfonamides is 1. The monoisotopic (exact) mass is 537 g/mol. The van der Waals surface area contributed by atoms with Crippen LogP contribution in [0.3, 0.4) is 0 Å². The average molecular weight is 538 g/mol. The van der Waals surface area contributed by atoms with E-state index in [4.69, 9.17) is 0 Å². The fourth-order valence-corrected chi connectivity index (χ4v) is 5.10. The number of amides is 1. The number of benzene rings is 4. The molecule has 0 unspecified atom stereocenters. The van der Waals surface area contributed by atoms with E-state index >= 15 is 0 Å². The van der Waals surface area contributed by atoms with Crippen LogP contribution in [0.2, 0.25) is 0 Å². The van der Waals surface area contributed by atoms with Crippen LogP contribution in [0.5, 0.6) is 5.75 Å². The molecule has 172 valence electrons. The molecule has 0 aromatic heterocycles. The van der Waals surface area contributed by atoms with Crippen LogP contribution in [0.15, 0.2) is 105 Å². The lowest BCUT2D eigenvalue weighted by molar-refractivity contribution is -0.119. The van der Waals surface area contributed by atoms with Crippen LogP contribution in [-0.4, -0.2) is 32.2 Å². The first-order valence-electron chi connectivity index (χ1n) is 10.2. The van der Waals surface area contributed by atoms with Gasteiger partial charge in [-0.05, 0) is 53.2 Å². The topological polar surface area (TPSA) is 99.1 Å². The van der Waals surface area contributed by atoms with Crippen LogP contribution in [0.25, 0.3) is 10.8 Å². The number of hydrazone groups is 1. The summed E-state index contributed by atoms with van der Waals surface area (Å²) in [4.78, 5) is 12.8. The lowest BCUT2D eigenvalue weighted by Crippen LogP contribution is -2.39. The molecule has 34 heavy (non-hydrogen) atoms. The zero-order chi connectivity index (χ0) is 24.1. The second-order valence-corrected chi connectivity index (χ2v) is 10.1. The lowest BCUT2D eigenvalue weighted by atomic mass is 10.0. The summed E-state index contributed by atoms with van der Waals surface area (Å²) in [6.45, 7) is -0.488. The van der Waals surface area contributed by atoms with E-state index in [9.17, 15) is 18.3 Å². The van der Waals surface area contributed by atoms with Gasteiger partial charge in [0, 0.05) is 10.0 Å². The van der Waals surface area contributed by atoms with Crippen molar-refractivity contribution < 1.29 is 18.3 Å². The molecule has 4 aromatic carbocycles. The number of aromatic hydroxyl groups is 1. The number of rotatable bonds is 7. The predicted octanol–water partition coefficient (Wildman–Crippen LogP) is 4.65. The molecule has 0 aliphatic carbocycles. The largest absolute Gasteiger partial charge is 0.507 e. The number of anilines is 1. The molecule has 4 rings (SSSR count). The van der Waals surface area contributed by atoms with Crippen molar-refractivity contribution in [2.75, 3.05) is 10.8 Å². The Labute approximate surface area is 205 Å². The third-order valence-corrected chi connectivity index (χ3v) is 7.38. The van der Waals surface area contributed by atoms with Crippen molar-refractivity contribution in [3.63, 3.8) is 0 Å². The molecule has 0 heterocycles. The summed E-state index contributed by atoms with van der Waals surface area (Å²) in [7, 11) is -4.01. The van der Waals surface area contributed by atoms with Crippen molar-refractivity contribution in [3.05, 3.63) is 101 Å². The minimum atomic E-state index is -4.01. The van der Waals surface area contributed by atoms with Crippen LogP contribution < -0.4 is 9.73 Å². The first-order chi connectivity index (χ1) is 16.4. The number of nitrogens with one attached hydrogen (secondary N) is 1. The number of fused-ring (bicyclic) bond motifs is 1. The van der Waals surface area contributed by atoms with Crippen LogP contribution >= 0.6 is 15.9 Å². The molecule has 0 fully saturated rings. The van der Waals surface area contributed by atoms with E-state index in [1.165, 1.54) is 18.3 Å². The highest BCUT2D eigenvalue weighted by atomic mass is 79.9. The van der Waals surface area contributed by atoms with E-state index in [-0.39, 0.29) is 10.6 Å². The first-order valence-corrected chi connectivity index (χ1v) is 12.5. The zero-order valence-corrected chi connectivity index (χ0v) is 20.2. The normalized spacial score (nSPS) is 11.6. The fourth-order valence-electron chi connectivity index (χ4n) is 3.40. The molecule has 1 amide bonds. The smallest absolute Gasteiger partial charge is 0.264 e. The van der Waals surface area contributed by atoms with Crippen molar-refractivity contribution in [3.8, 4) is 5.75 Å². The maximum Gasteiger partial charge on any atom is 0.264 e. The summed E-state index contributed by atoms with van der Waals surface area (Å²) in [5.74, 6) is -0.627. The van der Waals surface area contributed by atoms with Crippen molar-refractivity contribution in [2.45, 2.75) is 4.90 Å². The third kappa shape index (κ3) is 5.11. The number of nitrogens with zero attached hydrogens (tertiary/aromatic N) is 2. The van der Waals surface area contributed by atoms with Gasteiger partial charge in [-0.2, -0.15) is 5.10 Å². The molecule has 4 aromatic rings. The van der Waals surface area contributed by atoms with Gasteiger partial charge in [0.15, 0.2) is 0 Å². The van der Waals surface area contributed by atoms with Crippen LogP contribution in [-0.2, 0) is 14.8 Å². The predicted molar refractivity (Wildman–Crippen MR) is 136 cm³/mol. The number of carbonyl (C=O) groups is 1. The van der Waals surface area contributed by atoms with E-state index in [2.05, 4.69) is 26.5 Å². The molecule has 0 saturated heterocycles. The van der Waals surface area contributed by atoms with E-state index < -0.39 is 22.5 Å². The quantitative estimate of drug-likeness (QED) is 0.264. The Kier molecular flexibility index (Phi) is 6.95. The summed E-state index contributed by atoms with van der Waals surface area (Å²) < 4.78 is 28.4. The van der Waals surface area contributed by atoms with Gasteiger partial charge in [-0.15, -0.1) is 0 Å². The van der Waals surface area contributed by atoms with Gasteiger partial charge in [0.1, 0.15) is 12.3 Å². The fraction of sp³-hybridized carbons (Fsp3) is 0.0400. The number of phenols is 1. The molecule has 0 saturated carbocycles. The van der Waals surface area contributed by atoms with Crippen LogP contribution in [0.4, 0.5) is 5.69 Å². The van der Waals surface area contributed by atoms with Gasteiger partial charge in [-0.1, -0.05) is 64.5 Å². The molecule has 0 aliphatic heterocycles. The Morgan fingerprint density at radius 1 is 0.941 bits per heavy atom. The third-order valence-electron chi connectivity index (χ3n) is 5.06. The van der Waals surface area contributed by atoms with Crippen molar-refractivity contribution in [1.82, 2.24) is 5.43 Å². The standard InChI is InChI=1S/C25H20BrN3O4S/c26-19-11-13-20(14-12-19)29(34(32,33)21-7-2-1-3-8-21)17-25(31)28-27-16-23-22-9-5-4-6-18(22)10-15-24(23)30/h1-16,30H,17H2,(H,28,31)/b27-16-. The number of carbonyl (C=O) groups excluding carboxylic acids is 1. The van der Waals surface area contributed by atoms with Gasteiger partial charge in [0.25, 0.3) is 15.9 Å². The van der Waals surface area contributed by atoms with Gasteiger partial charge < -0.3 is 5.11 Å². The molecule has 7 nitrogen and oxygen atoms in total. The Bertz CT molecular complexity index is 1460. The summed E-state index contributed by atoms with van der Waals surface area (Å²) in [5, 5.41) is 15.9. The molecule has 0 aliphatic rings. The molecule has 2 N–H and O–H groups in total. The SMILES string of the molecule is O=C(CN(c1ccc(Br)cc1)S(=O)(=O)c1ccccc1)N/N=C\c1c(O)ccc2ccccc12. The van der Waals surface area contributed by atoms with Crippen LogP contribution in [0.1, 0.15) is 5.56 Å². The summed E-state index contributed by atoms with van der Waals surface area (Å²) in [6, 6.07) is 25.3. The van der Waals surface area contributed by atoms with E-state index in [0.29, 0.717) is 11.3 Å². The van der Waals surface area contributed by atoms with E-state index in [1.54, 1.807) is 54.6 Å². The van der Waals surface area contributed by atoms with Crippen molar-refractivity contribution in [1.29, 1.82) is 0 Å². The van der Waals surface area contributed by atoms with Gasteiger partial charge in [0.2, 0.25) is 0 Å². The highest BCUT2D eigenvalue weighted by Crippen LogP contribution is 2.26. The number of hydrogen-bond donors (Lipinski definition) is 2. The summed E-state index contributed by atoms with van der Waals surface area (Å²) in [6.07, 6.45) is 1.34. The van der Waals surface area contributed by atoms with Crippen molar-refractivity contribution >= 4 is 54.5 Å². The molecule has 0 radical (unpaired) electrons. The Morgan fingerprint density at radius 3 is 2.35 bits per heavy atom. The van der Waals surface area contributed by atoms with E-state index in [0.717, 1.165) is 19.6 Å². The average Bonchev–Trinajstić information content (AvgIpc) is 2.85. The second kappa shape index (κ2) is 10.1. The first kappa shape index (κ1) is 23.5.